The Hall–Kier alpha value is 0. The van der Waals surface area contributed by atoms with Crippen LogP contribution < -0.4 is 0 Å². The highest BCUT2D eigenvalue weighted by Gasteiger charge is 2.01. The van der Waals surface area contributed by atoms with E-state index in [-0.39, 0.29) is 0 Å². The van der Waals surface area contributed by atoms with Crippen molar-refractivity contribution in [3.05, 3.63) is 0 Å². The average Bonchev–Trinajstić information content (AvgIpc) is 2.49. The second-order valence-electron chi connectivity index (χ2n) is 7.28. The molecule has 0 aromatic rings. The van der Waals surface area contributed by atoms with Crippen molar-refractivity contribution in [2.75, 3.05) is 0 Å². The maximum absolute atomic E-state index is 2.46. The number of rotatable bonds is 17. The first-order chi connectivity index (χ1) is 10.3. The van der Waals surface area contributed by atoms with Crippen LogP contribution in [0.1, 0.15) is 130 Å². The Morgan fingerprint density at radius 2 is 0.714 bits per heavy atom. The minimum atomic E-state index is 0.973. The number of unbranched alkanes of at least 4 members (excludes halogenated alkanes) is 13. The van der Waals surface area contributed by atoms with E-state index in [2.05, 4.69) is 20.8 Å². The van der Waals surface area contributed by atoms with Gasteiger partial charge in [0.2, 0.25) is 0 Å². The standard InChI is InChI=1S/C21H44/c1-4-6-8-10-11-12-13-14-15-16-18-20-21(3)19-17-9-7-5-2/h21H,4-20H2,1-3H3/t21-/m0/s1. The van der Waals surface area contributed by atoms with Crippen LogP contribution in [0.4, 0.5) is 0 Å². The molecule has 0 aliphatic carbocycles. The highest BCUT2D eigenvalue weighted by atomic mass is 14.1. The minimum Gasteiger partial charge on any atom is -0.0654 e. The van der Waals surface area contributed by atoms with Crippen molar-refractivity contribution in [3.63, 3.8) is 0 Å². The van der Waals surface area contributed by atoms with E-state index in [0.29, 0.717) is 0 Å². The smallest absolute Gasteiger partial charge is 0.0443 e. The molecular formula is C21H44. The van der Waals surface area contributed by atoms with Crippen molar-refractivity contribution in [2.24, 2.45) is 5.92 Å². The second kappa shape index (κ2) is 18.1. The molecule has 0 amide bonds. The van der Waals surface area contributed by atoms with E-state index in [1.54, 1.807) is 0 Å². The third-order valence-electron chi connectivity index (χ3n) is 4.85. The van der Waals surface area contributed by atoms with E-state index in [1.807, 2.05) is 0 Å². The van der Waals surface area contributed by atoms with E-state index in [9.17, 15) is 0 Å². The number of hydrogen-bond acceptors (Lipinski definition) is 0. The molecule has 0 rings (SSSR count). The third kappa shape index (κ3) is 18.0. The van der Waals surface area contributed by atoms with Crippen molar-refractivity contribution in [2.45, 2.75) is 130 Å². The van der Waals surface area contributed by atoms with Crippen LogP contribution in [0.15, 0.2) is 0 Å². The number of hydrogen-bond donors (Lipinski definition) is 0. The van der Waals surface area contributed by atoms with Gasteiger partial charge < -0.3 is 0 Å². The van der Waals surface area contributed by atoms with Gasteiger partial charge in [-0.2, -0.15) is 0 Å². The molecule has 0 radical (unpaired) electrons. The molecule has 0 spiro atoms. The summed E-state index contributed by atoms with van der Waals surface area (Å²) in [6.07, 6.45) is 24.8. The quantitative estimate of drug-likeness (QED) is 0.237. The zero-order valence-corrected chi connectivity index (χ0v) is 15.6. The Balaban J connectivity index is 3.07. The summed E-state index contributed by atoms with van der Waals surface area (Å²) in [5.41, 5.74) is 0. The highest BCUT2D eigenvalue weighted by Crippen LogP contribution is 2.18. The zero-order chi connectivity index (χ0) is 15.6. The lowest BCUT2D eigenvalue weighted by Gasteiger charge is -2.10. The maximum atomic E-state index is 2.46. The molecule has 1 atom stereocenters. The largest absolute Gasteiger partial charge is 0.0654 e. The van der Waals surface area contributed by atoms with E-state index in [0.717, 1.165) is 5.92 Å². The maximum Gasteiger partial charge on any atom is -0.0443 e. The van der Waals surface area contributed by atoms with Crippen LogP contribution in [-0.4, -0.2) is 0 Å². The SMILES string of the molecule is CCCCCCCCCCCCC[C@@H](C)CCCCCC. The van der Waals surface area contributed by atoms with Crippen molar-refractivity contribution in [3.8, 4) is 0 Å². The van der Waals surface area contributed by atoms with Gasteiger partial charge in [0.25, 0.3) is 0 Å². The van der Waals surface area contributed by atoms with Crippen molar-refractivity contribution in [1.29, 1.82) is 0 Å². The fraction of sp³-hybridized carbons (Fsp3) is 1.00. The molecule has 0 unspecified atom stereocenters. The first kappa shape index (κ1) is 21.0. The monoisotopic (exact) mass is 296 g/mol. The van der Waals surface area contributed by atoms with Gasteiger partial charge in [0.1, 0.15) is 0 Å². The summed E-state index contributed by atoms with van der Waals surface area (Å²) in [5, 5.41) is 0. The van der Waals surface area contributed by atoms with Crippen molar-refractivity contribution >= 4 is 0 Å². The molecule has 0 heterocycles. The summed E-state index contributed by atoms with van der Waals surface area (Å²) in [4.78, 5) is 0. The first-order valence-electron chi connectivity index (χ1n) is 10.3. The van der Waals surface area contributed by atoms with Gasteiger partial charge in [0.05, 0.1) is 0 Å². The average molecular weight is 297 g/mol. The van der Waals surface area contributed by atoms with E-state index < -0.39 is 0 Å². The van der Waals surface area contributed by atoms with Crippen LogP contribution in [-0.2, 0) is 0 Å². The summed E-state index contributed by atoms with van der Waals surface area (Å²) < 4.78 is 0. The van der Waals surface area contributed by atoms with Crippen LogP contribution in [0, 0.1) is 5.92 Å². The molecule has 128 valence electrons. The molecule has 21 heavy (non-hydrogen) atoms. The van der Waals surface area contributed by atoms with Crippen LogP contribution in [0.2, 0.25) is 0 Å². The summed E-state index contributed by atoms with van der Waals surface area (Å²) in [5.74, 6) is 0.973. The fourth-order valence-corrected chi connectivity index (χ4v) is 3.22. The van der Waals surface area contributed by atoms with Gasteiger partial charge in [-0.25, -0.2) is 0 Å². The Morgan fingerprint density at radius 1 is 0.429 bits per heavy atom. The van der Waals surface area contributed by atoms with Gasteiger partial charge in [-0.05, 0) is 5.92 Å². The summed E-state index contributed by atoms with van der Waals surface area (Å²) in [6, 6.07) is 0. The van der Waals surface area contributed by atoms with Gasteiger partial charge in [0, 0.05) is 0 Å². The fourth-order valence-electron chi connectivity index (χ4n) is 3.22. The first-order valence-corrected chi connectivity index (χ1v) is 10.3. The molecular weight excluding hydrogens is 252 g/mol. The van der Waals surface area contributed by atoms with Crippen LogP contribution in [0.25, 0.3) is 0 Å². The van der Waals surface area contributed by atoms with Gasteiger partial charge in [-0.1, -0.05) is 130 Å². The van der Waals surface area contributed by atoms with Crippen molar-refractivity contribution in [1.82, 2.24) is 0 Å². The molecule has 0 nitrogen and oxygen atoms in total. The van der Waals surface area contributed by atoms with Gasteiger partial charge in [-0.15, -0.1) is 0 Å². The Labute approximate surface area is 136 Å². The predicted molar refractivity (Wildman–Crippen MR) is 99.0 cm³/mol. The molecule has 0 bridgehead atoms. The molecule has 0 aromatic heterocycles. The zero-order valence-electron chi connectivity index (χ0n) is 15.6. The van der Waals surface area contributed by atoms with Gasteiger partial charge in [-0.3, -0.25) is 0 Å². The van der Waals surface area contributed by atoms with E-state index in [1.165, 1.54) is 109 Å². The van der Waals surface area contributed by atoms with Gasteiger partial charge >= 0.3 is 0 Å². The molecule has 0 N–H and O–H groups in total. The molecule has 0 heteroatoms. The summed E-state index contributed by atoms with van der Waals surface area (Å²) in [6.45, 7) is 7.06. The highest BCUT2D eigenvalue weighted by molar-refractivity contribution is 4.55. The normalized spacial score (nSPS) is 12.7. The predicted octanol–water partition coefficient (Wildman–Crippen LogP) is 8.29. The van der Waals surface area contributed by atoms with E-state index >= 15 is 0 Å². The van der Waals surface area contributed by atoms with Crippen LogP contribution in [0.5, 0.6) is 0 Å². The van der Waals surface area contributed by atoms with E-state index in [4.69, 9.17) is 0 Å². The lowest BCUT2D eigenvalue weighted by Crippen LogP contribution is -1.95. The molecule has 0 saturated heterocycles. The molecule has 0 aliphatic rings. The third-order valence-corrected chi connectivity index (χ3v) is 4.85. The van der Waals surface area contributed by atoms with Gasteiger partial charge in [0.15, 0.2) is 0 Å². The summed E-state index contributed by atoms with van der Waals surface area (Å²) in [7, 11) is 0. The summed E-state index contributed by atoms with van der Waals surface area (Å²) >= 11 is 0. The Morgan fingerprint density at radius 3 is 1.10 bits per heavy atom. The molecule has 0 saturated carbocycles. The lowest BCUT2D eigenvalue weighted by atomic mass is 9.96. The second-order valence-corrected chi connectivity index (χ2v) is 7.28. The Bertz CT molecular complexity index is 173. The molecule has 0 aromatic carbocycles. The molecule has 0 fully saturated rings. The minimum absolute atomic E-state index is 0.973. The van der Waals surface area contributed by atoms with Crippen LogP contribution >= 0.6 is 0 Å². The van der Waals surface area contributed by atoms with Crippen molar-refractivity contribution < 1.29 is 0 Å². The molecule has 0 aliphatic heterocycles. The Kier molecular flexibility index (Phi) is 18.1. The van der Waals surface area contributed by atoms with Crippen LogP contribution in [0.3, 0.4) is 0 Å². The topological polar surface area (TPSA) is 0 Å². The lowest BCUT2D eigenvalue weighted by molar-refractivity contribution is 0.433.